The van der Waals surface area contributed by atoms with Crippen LogP contribution in [0.25, 0.3) is 22.9 Å². The Bertz CT molecular complexity index is 740. The number of halogens is 1. The van der Waals surface area contributed by atoms with Crippen LogP contribution in [0.15, 0.2) is 52.9 Å². The highest BCUT2D eigenvalue weighted by Crippen LogP contribution is 2.27. The number of benzene rings is 2. The summed E-state index contributed by atoms with van der Waals surface area (Å²) in [5.41, 5.74) is 1.01. The van der Waals surface area contributed by atoms with E-state index in [1.54, 1.807) is 31.4 Å². The molecule has 0 atom stereocenters. The Morgan fingerprint density at radius 3 is 2.60 bits per heavy atom. The fraction of sp³-hybridized carbons (Fsp3) is 0.0667. The fourth-order valence-electron chi connectivity index (χ4n) is 1.84. The second-order valence-corrected chi connectivity index (χ2v) is 4.12. The van der Waals surface area contributed by atoms with Crippen molar-refractivity contribution in [2.75, 3.05) is 7.11 Å². The van der Waals surface area contributed by atoms with Gasteiger partial charge < -0.3 is 9.15 Å². The van der Waals surface area contributed by atoms with Crippen LogP contribution < -0.4 is 4.74 Å². The summed E-state index contributed by atoms with van der Waals surface area (Å²) in [6.07, 6.45) is 0. The topological polar surface area (TPSA) is 48.2 Å². The Morgan fingerprint density at radius 1 is 1.00 bits per heavy atom. The van der Waals surface area contributed by atoms with Gasteiger partial charge in [0.25, 0.3) is 5.89 Å². The molecule has 0 amide bonds. The van der Waals surface area contributed by atoms with E-state index in [0.717, 1.165) is 5.56 Å². The van der Waals surface area contributed by atoms with E-state index in [0.29, 0.717) is 11.6 Å². The van der Waals surface area contributed by atoms with Gasteiger partial charge in [-0.15, -0.1) is 10.2 Å². The maximum atomic E-state index is 13.7. The minimum atomic E-state index is -0.395. The van der Waals surface area contributed by atoms with Crippen LogP contribution >= 0.6 is 0 Å². The third-order valence-electron chi connectivity index (χ3n) is 2.85. The molecule has 0 aliphatic rings. The standard InChI is InChI=1S/C15H11FN2O2/c1-19-11-6-4-5-10(9-11)14-17-18-15(20-14)12-7-2-3-8-13(12)16/h2-9H,1H3. The zero-order valence-corrected chi connectivity index (χ0v) is 10.7. The first-order chi connectivity index (χ1) is 9.78. The van der Waals surface area contributed by atoms with Crippen LogP contribution in [0.4, 0.5) is 4.39 Å². The van der Waals surface area contributed by atoms with E-state index in [1.807, 2.05) is 18.2 Å². The highest BCUT2D eigenvalue weighted by molar-refractivity contribution is 5.59. The fourth-order valence-corrected chi connectivity index (χ4v) is 1.84. The molecule has 1 heterocycles. The molecule has 0 fully saturated rings. The lowest BCUT2D eigenvalue weighted by Gasteiger charge is -2.00. The molecule has 0 saturated heterocycles. The molecular weight excluding hydrogens is 259 g/mol. The van der Waals surface area contributed by atoms with E-state index < -0.39 is 5.82 Å². The Morgan fingerprint density at radius 2 is 1.80 bits per heavy atom. The van der Waals surface area contributed by atoms with Gasteiger partial charge in [-0.3, -0.25) is 0 Å². The van der Waals surface area contributed by atoms with Crippen LogP contribution in [0.1, 0.15) is 0 Å². The zero-order valence-electron chi connectivity index (χ0n) is 10.7. The smallest absolute Gasteiger partial charge is 0.251 e. The quantitative estimate of drug-likeness (QED) is 0.730. The van der Waals surface area contributed by atoms with Gasteiger partial charge in [0.15, 0.2) is 0 Å². The van der Waals surface area contributed by atoms with Crippen molar-refractivity contribution >= 4 is 0 Å². The molecule has 0 saturated carbocycles. The molecule has 0 unspecified atom stereocenters. The van der Waals surface area contributed by atoms with Crippen LogP contribution in [0.2, 0.25) is 0 Å². The second-order valence-electron chi connectivity index (χ2n) is 4.12. The van der Waals surface area contributed by atoms with Crippen molar-refractivity contribution < 1.29 is 13.5 Å². The van der Waals surface area contributed by atoms with Crippen LogP contribution in [-0.4, -0.2) is 17.3 Å². The first kappa shape index (κ1) is 12.3. The summed E-state index contributed by atoms with van der Waals surface area (Å²) in [4.78, 5) is 0. The van der Waals surface area contributed by atoms with Gasteiger partial charge in [0, 0.05) is 5.56 Å². The summed E-state index contributed by atoms with van der Waals surface area (Å²) in [7, 11) is 1.58. The normalized spacial score (nSPS) is 10.5. The van der Waals surface area contributed by atoms with Crippen LogP contribution in [0.3, 0.4) is 0 Å². The average molecular weight is 270 g/mol. The summed E-state index contributed by atoms with van der Waals surface area (Å²) >= 11 is 0. The molecule has 5 heteroatoms. The predicted octanol–water partition coefficient (Wildman–Crippen LogP) is 3.55. The average Bonchev–Trinajstić information content (AvgIpc) is 2.97. The van der Waals surface area contributed by atoms with Gasteiger partial charge in [-0.2, -0.15) is 0 Å². The van der Waals surface area contributed by atoms with Crippen molar-refractivity contribution in [2.24, 2.45) is 0 Å². The van der Waals surface area contributed by atoms with Crippen molar-refractivity contribution in [1.29, 1.82) is 0 Å². The van der Waals surface area contributed by atoms with Crippen molar-refractivity contribution in [2.45, 2.75) is 0 Å². The molecule has 20 heavy (non-hydrogen) atoms. The van der Waals surface area contributed by atoms with Gasteiger partial charge in [0.2, 0.25) is 5.89 Å². The molecule has 0 aliphatic carbocycles. The molecule has 100 valence electrons. The van der Waals surface area contributed by atoms with Gasteiger partial charge in [0.1, 0.15) is 11.6 Å². The number of methoxy groups -OCH3 is 1. The first-order valence-electron chi connectivity index (χ1n) is 6.01. The van der Waals surface area contributed by atoms with E-state index in [-0.39, 0.29) is 11.5 Å². The lowest BCUT2D eigenvalue weighted by Crippen LogP contribution is -1.83. The molecule has 0 radical (unpaired) electrons. The van der Waals surface area contributed by atoms with Crippen molar-refractivity contribution in [3.05, 3.63) is 54.3 Å². The van der Waals surface area contributed by atoms with Gasteiger partial charge in [-0.25, -0.2) is 4.39 Å². The molecule has 2 aromatic carbocycles. The Kier molecular flexibility index (Phi) is 3.16. The monoisotopic (exact) mass is 270 g/mol. The van der Waals surface area contributed by atoms with E-state index in [1.165, 1.54) is 6.07 Å². The number of rotatable bonds is 3. The summed E-state index contributed by atoms with van der Waals surface area (Å²) in [5, 5.41) is 7.82. The summed E-state index contributed by atoms with van der Waals surface area (Å²) in [6.45, 7) is 0. The summed E-state index contributed by atoms with van der Waals surface area (Å²) < 4.78 is 24.3. The van der Waals surface area contributed by atoms with Gasteiger partial charge in [-0.05, 0) is 30.3 Å². The molecule has 3 rings (SSSR count). The highest BCUT2D eigenvalue weighted by Gasteiger charge is 2.13. The maximum Gasteiger partial charge on any atom is 0.251 e. The first-order valence-corrected chi connectivity index (χ1v) is 6.01. The zero-order chi connectivity index (χ0) is 13.9. The predicted molar refractivity (Wildman–Crippen MR) is 71.7 cm³/mol. The molecule has 0 aliphatic heterocycles. The van der Waals surface area contributed by atoms with Crippen molar-refractivity contribution in [3.63, 3.8) is 0 Å². The number of hydrogen-bond acceptors (Lipinski definition) is 4. The SMILES string of the molecule is COc1cccc(-c2nnc(-c3ccccc3F)o2)c1. The number of hydrogen-bond donors (Lipinski definition) is 0. The molecule has 0 bridgehead atoms. The van der Waals surface area contributed by atoms with Crippen LogP contribution in [0, 0.1) is 5.82 Å². The summed E-state index contributed by atoms with van der Waals surface area (Å²) in [5.74, 6) is 0.768. The van der Waals surface area contributed by atoms with E-state index in [2.05, 4.69) is 10.2 Å². The Labute approximate surface area is 114 Å². The highest BCUT2D eigenvalue weighted by atomic mass is 19.1. The third kappa shape index (κ3) is 2.25. The molecule has 1 aromatic heterocycles. The summed E-state index contributed by atoms with van der Waals surface area (Å²) in [6, 6.07) is 13.5. The Balaban J connectivity index is 2.00. The van der Waals surface area contributed by atoms with Crippen molar-refractivity contribution in [3.8, 4) is 28.7 Å². The number of nitrogens with zero attached hydrogens (tertiary/aromatic N) is 2. The van der Waals surface area contributed by atoms with Gasteiger partial charge >= 0.3 is 0 Å². The van der Waals surface area contributed by atoms with Crippen molar-refractivity contribution in [1.82, 2.24) is 10.2 Å². The van der Waals surface area contributed by atoms with Gasteiger partial charge in [-0.1, -0.05) is 18.2 Å². The number of aromatic nitrogens is 2. The molecule has 4 nitrogen and oxygen atoms in total. The van der Waals surface area contributed by atoms with Crippen LogP contribution in [0.5, 0.6) is 5.75 Å². The maximum absolute atomic E-state index is 13.7. The van der Waals surface area contributed by atoms with E-state index >= 15 is 0 Å². The molecule has 3 aromatic rings. The minimum absolute atomic E-state index is 0.154. The van der Waals surface area contributed by atoms with Crippen LogP contribution in [-0.2, 0) is 0 Å². The largest absolute Gasteiger partial charge is 0.497 e. The van der Waals surface area contributed by atoms with Gasteiger partial charge in [0.05, 0.1) is 12.7 Å². The molecule has 0 spiro atoms. The van der Waals surface area contributed by atoms with E-state index in [9.17, 15) is 4.39 Å². The molecule has 0 N–H and O–H groups in total. The lowest BCUT2D eigenvalue weighted by atomic mass is 10.2. The van der Waals surface area contributed by atoms with E-state index in [4.69, 9.17) is 9.15 Å². The number of ether oxygens (including phenoxy) is 1. The minimum Gasteiger partial charge on any atom is -0.497 e. The molecular formula is C15H11FN2O2. The second kappa shape index (κ2) is 5.13. The third-order valence-corrected chi connectivity index (χ3v) is 2.85. The lowest BCUT2D eigenvalue weighted by molar-refractivity contribution is 0.415. The Hall–Kier alpha value is -2.69.